The topological polar surface area (TPSA) is 38.3 Å². The second-order valence-corrected chi connectivity index (χ2v) is 4.22. The number of carbonyl (C=O) groups excluding carboxylic acids is 1. The van der Waals surface area contributed by atoms with Crippen molar-refractivity contribution in [3.8, 4) is 5.75 Å². The summed E-state index contributed by atoms with van der Waals surface area (Å²) in [6.45, 7) is 0.656. The lowest BCUT2D eigenvalue weighted by molar-refractivity contribution is -0.121. The van der Waals surface area contributed by atoms with Gasteiger partial charge in [0.1, 0.15) is 5.75 Å². The van der Waals surface area contributed by atoms with Crippen LogP contribution in [-0.4, -0.2) is 18.3 Å². The SMILES string of the molecule is O=C(CCS)NC1CCOc2ccccc21. The van der Waals surface area contributed by atoms with Gasteiger partial charge in [-0.3, -0.25) is 4.79 Å². The molecule has 0 fully saturated rings. The van der Waals surface area contributed by atoms with E-state index >= 15 is 0 Å². The van der Waals surface area contributed by atoms with E-state index in [1.165, 1.54) is 0 Å². The van der Waals surface area contributed by atoms with E-state index in [0.717, 1.165) is 17.7 Å². The number of rotatable bonds is 3. The van der Waals surface area contributed by atoms with Crippen molar-refractivity contribution in [2.75, 3.05) is 12.4 Å². The van der Waals surface area contributed by atoms with Gasteiger partial charge in [-0.25, -0.2) is 0 Å². The predicted molar refractivity (Wildman–Crippen MR) is 65.9 cm³/mol. The van der Waals surface area contributed by atoms with E-state index in [9.17, 15) is 4.79 Å². The normalized spacial score (nSPS) is 18.4. The molecule has 0 saturated heterocycles. The maximum absolute atomic E-state index is 11.5. The number of hydrogen-bond donors (Lipinski definition) is 2. The van der Waals surface area contributed by atoms with Crippen LogP contribution in [0.5, 0.6) is 5.75 Å². The number of thiol groups is 1. The third-order valence-corrected chi connectivity index (χ3v) is 2.86. The number of amides is 1. The maximum atomic E-state index is 11.5. The van der Waals surface area contributed by atoms with Gasteiger partial charge in [-0.15, -0.1) is 0 Å². The van der Waals surface area contributed by atoms with Crippen LogP contribution in [0.15, 0.2) is 24.3 Å². The molecule has 0 radical (unpaired) electrons. The molecule has 16 heavy (non-hydrogen) atoms. The molecule has 0 aromatic heterocycles. The Morgan fingerprint density at radius 2 is 2.31 bits per heavy atom. The first-order chi connectivity index (χ1) is 7.81. The summed E-state index contributed by atoms with van der Waals surface area (Å²) in [6.07, 6.45) is 1.29. The first-order valence-corrected chi connectivity index (χ1v) is 6.06. The molecule has 1 aromatic carbocycles. The molecule has 1 heterocycles. The molecule has 1 N–H and O–H groups in total. The van der Waals surface area contributed by atoms with E-state index in [2.05, 4.69) is 17.9 Å². The van der Waals surface area contributed by atoms with Crippen molar-refractivity contribution >= 4 is 18.5 Å². The van der Waals surface area contributed by atoms with Gasteiger partial charge in [0.15, 0.2) is 0 Å². The van der Waals surface area contributed by atoms with Crippen molar-refractivity contribution in [2.45, 2.75) is 18.9 Å². The van der Waals surface area contributed by atoms with Crippen LogP contribution in [0.1, 0.15) is 24.4 Å². The Hall–Kier alpha value is -1.16. The summed E-state index contributed by atoms with van der Waals surface area (Å²) in [5.74, 6) is 1.51. The van der Waals surface area contributed by atoms with Crippen molar-refractivity contribution in [2.24, 2.45) is 0 Å². The summed E-state index contributed by atoms with van der Waals surface area (Å²) < 4.78 is 5.53. The van der Waals surface area contributed by atoms with Crippen LogP contribution in [0.3, 0.4) is 0 Å². The van der Waals surface area contributed by atoms with Crippen LogP contribution in [-0.2, 0) is 4.79 Å². The molecule has 0 saturated carbocycles. The van der Waals surface area contributed by atoms with E-state index in [4.69, 9.17) is 4.74 Å². The van der Waals surface area contributed by atoms with Gasteiger partial charge in [-0.1, -0.05) is 18.2 Å². The van der Waals surface area contributed by atoms with Crippen LogP contribution in [0.25, 0.3) is 0 Å². The van der Waals surface area contributed by atoms with Gasteiger partial charge < -0.3 is 10.1 Å². The van der Waals surface area contributed by atoms with Gasteiger partial charge in [-0.05, 0) is 11.8 Å². The van der Waals surface area contributed by atoms with Crippen LogP contribution in [0.4, 0.5) is 0 Å². The zero-order valence-electron chi connectivity index (χ0n) is 8.98. The molecule has 1 aliphatic rings. The standard InChI is InChI=1S/C12H15NO2S/c14-12(6-8-16)13-10-5-7-15-11-4-2-1-3-9(10)11/h1-4,10,16H,5-8H2,(H,13,14). The fourth-order valence-electron chi connectivity index (χ4n) is 1.86. The number of para-hydroxylation sites is 1. The Bertz CT molecular complexity index is 381. The Kier molecular flexibility index (Phi) is 3.72. The van der Waals surface area contributed by atoms with Crippen molar-refractivity contribution in [3.05, 3.63) is 29.8 Å². The third kappa shape index (κ3) is 2.50. The van der Waals surface area contributed by atoms with Crippen molar-refractivity contribution in [3.63, 3.8) is 0 Å². The Balaban J connectivity index is 2.10. The highest BCUT2D eigenvalue weighted by atomic mass is 32.1. The van der Waals surface area contributed by atoms with Gasteiger partial charge in [0.05, 0.1) is 12.6 Å². The van der Waals surface area contributed by atoms with E-state index in [1.807, 2.05) is 24.3 Å². The molecular weight excluding hydrogens is 222 g/mol. The lowest BCUT2D eigenvalue weighted by Gasteiger charge is -2.26. The first kappa shape index (κ1) is 11.3. The minimum absolute atomic E-state index is 0.0525. The van der Waals surface area contributed by atoms with Crippen molar-refractivity contribution in [1.29, 1.82) is 0 Å². The maximum Gasteiger partial charge on any atom is 0.221 e. The molecule has 86 valence electrons. The molecule has 1 unspecified atom stereocenters. The van der Waals surface area contributed by atoms with Crippen LogP contribution in [0.2, 0.25) is 0 Å². The minimum Gasteiger partial charge on any atom is -0.493 e. The average molecular weight is 237 g/mol. The molecule has 3 nitrogen and oxygen atoms in total. The third-order valence-electron chi connectivity index (χ3n) is 2.63. The highest BCUT2D eigenvalue weighted by Gasteiger charge is 2.21. The smallest absolute Gasteiger partial charge is 0.221 e. The summed E-state index contributed by atoms with van der Waals surface area (Å²) in [5, 5.41) is 3.01. The molecule has 1 atom stereocenters. The zero-order valence-corrected chi connectivity index (χ0v) is 9.87. The predicted octanol–water partition coefficient (Wildman–Crippen LogP) is 1.95. The second-order valence-electron chi connectivity index (χ2n) is 3.77. The highest BCUT2D eigenvalue weighted by Crippen LogP contribution is 2.31. The fraction of sp³-hybridized carbons (Fsp3) is 0.417. The van der Waals surface area contributed by atoms with Crippen LogP contribution in [0, 0.1) is 0 Å². The van der Waals surface area contributed by atoms with Crippen LogP contribution >= 0.6 is 12.6 Å². The van der Waals surface area contributed by atoms with Crippen molar-refractivity contribution < 1.29 is 9.53 Å². The molecule has 0 spiro atoms. The Morgan fingerprint density at radius 1 is 1.50 bits per heavy atom. The molecular formula is C12H15NO2S. The van der Waals surface area contributed by atoms with Gasteiger partial charge in [0.25, 0.3) is 0 Å². The highest BCUT2D eigenvalue weighted by molar-refractivity contribution is 7.80. The zero-order chi connectivity index (χ0) is 11.4. The van der Waals surface area contributed by atoms with E-state index < -0.39 is 0 Å². The summed E-state index contributed by atoms with van der Waals surface area (Å²) in [4.78, 5) is 11.5. The molecule has 1 amide bonds. The average Bonchev–Trinajstić information content (AvgIpc) is 2.30. The number of ether oxygens (including phenoxy) is 1. The van der Waals surface area contributed by atoms with E-state index in [-0.39, 0.29) is 11.9 Å². The fourth-order valence-corrected chi connectivity index (χ4v) is 2.06. The van der Waals surface area contributed by atoms with Gasteiger partial charge in [0.2, 0.25) is 5.91 Å². The van der Waals surface area contributed by atoms with Gasteiger partial charge >= 0.3 is 0 Å². The first-order valence-electron chi connectivity index (χ1n) is 5.43. The Morgan fingerprint density at radius 3 is 3.12 bits per heavy atom. The van der Waals surface area contributed by atoms with Crippen LogP contribution < -0.4 is 10.1 Å². The number of hydrogen-bond acceptors (Lipinski definition) is 3. The van der Waals surface area contributed by atoms with Crippen molar-refractivity contribution in [1.82, 2.24) is 5.32 Å². The van der Waals surface area contributed by atoms with E-state index in [1.54, 1.807) is 0 Å². The monoisotopic (exact) mass is 237 g/mol. The lowest BCUT2D eigenvalue weighted by Crippen LogP contribution is -2.32. The lowest BCUT2D eigenvalue weighted by atomic mass is 10.0. The minimum atomic E-state index is 0.0525. The summed E-state index contributed by atoms with van der Waals surface area (Å²) in [7, 11) is 0. The number of benzene rings is 1. The quantitative estimate of drug-likeness (QED) is 0.789. The summed E-state index contributed by atoms with van der Waals surface area (Å²) in [6, 6.07) is 7.92. The second kappa shape index (κ2) is 5.25. The summed E-state index contributed by atoms with van der Waals surface area (Å²) >= 11 is 4.05. The number of fused-ring (bicyclic) bond motifs is 1. The molecule has 1 aromatic rings. The molecule has 4 heteroatoms. The van der Waals surface area contributed by atoms with E-state index in [0.29, 0.717) is 18.8 Å². The molecule has 0 bridgehead atoms. The van der Waals surface area contributed by atoms with Gasteiger partial charge in [0, 0.05) is 18.4 Å². The largest absolute Gasteiger partial charge is 0.493 e. The molecule has 0 aliphatic carbocycles. The number of nitrogens with one attached hydrogen (secondary N) is 1. The molecule has 2 rings (SSSR count). The Labute approximate surface area is 101 Å². The molecule has 1 aliphatic heterocycles. The number of carbonyl (C=O) groups is 1. The summed E-state index contributed by atoms with van der Waals surface area (Å²) in [5.41, 5.74) is 1.07. The van der Waals surface area contributed by atoms with Gasteiger partial charge in [-0.2, -0.15) is 12.6 Å².